The topological polar surface area (TPSA) is 34.1 Å². The largest absolute Gasteiger partial charge is 0.229 e. The molecule has 85 valence electrons. The lowest BCUT2D eigenvalue weighted by atomic mass is 10.1. The van der Waals surface area contributed by atoms with Crippen LogP contribution in [0.5, 0.6) is 0 Å². The third-order valence-electron chi connectivity index (χ3n) is 2.37. The molecule has 1 radical (unpaired) electrons. The highest BCUT2D eigenvalue weighted by Crippen LogP contribution is 2.07. The molecule has 0 N–H and O–H groups in total. The standard InChI is InChI=1S/C11H23O2S/c1-3-5-6-7-8-9-10-11-14(12,13)4-2/h2-11H2,1H3. The first-order valence-electron chi connectivity index (χ1n) is 5.62. The summed E-state index contributed by atoms with van der Waals surface area (Å²) in [5.41, 5.74) is 0. The fraction of sp³-hybridized carbons (Fsp3) is 0.909. The minimum absolute atomic E-state index is 0.0445. The van der Waals surface area contributed by atoms with Crippen molar-refractivity contribution in [3.8, 4) is 0 Å². The van der Waals surface area contributed by atoms with E-state index in [9.17, 15) is 8.42 Å². The van der Waals surface area contributed by atoms with E-state index in [0.717, 1.165) is 12.8 Å². The van der Waals surface area contributed by atoms with E-state index in [1.165, 1.54) is 32.1 Å². The van der Waals surface area contributed by atoms with Crippen LogP contribution in [0.15, 0.2) is 0 Å². The molecule has 0 atom stereocenters. The molecule has 0 spiro atoms. The molecule has 0 aromatic carbocycles. The van der Waals surface area contributed by atoms with Gasteiger partial charge in [-0.05, 0) is 13.3 Å². The molecule has 0 saturated heterocycles. The molecule has 14 heavy (non-hydrogen) atoms. The molecule has 0 rings (SSSR count). The summed E-state index contributed by atoms with van der Waals surface area (Å²) < 4.78 is 22.1. The van der Waals surface area contributed by atoms with Gasteiger partial charge in [0.15, 0.2) is 0 Å². The number of hydrogen-bond donors (Lipinski definition) is 0. The summed E-state index contributed by atoms with van der Waals surface area (Å²) in [7, 11) is -2.83. The van der Waals surface area contributed by atoms with Gasteiger partial charge in [0.05, 0.1) is 11.5 Å². The molecule has 0 aromatic rings. The van der Waals surface area contributed by atoms with Crippen LogP contribution in [0.1, 0.15) is 51.9 Å². The molecule has 0 saturated carbocycles. The van der Waals surface area contributed by atoms with Gasteiger partial charge in [-0.15, -0.1) is 0 Å². The van der Waals surface area contributed by atoms with Gasteiger partial charge in [-0.2, -0.15) is 0 Å². The van der Waals surface area contributed by atoms with Gasteiger partial charge in [0.2, 0.25) is 0 Å². The molecule has 0 aliphatic heterocycles. The number of unbranched alkanes of at least 4 members (excludes halogenated alkanes) is 6. The normalized spacial score (nSPS) is 11.9. The van der Waals surface area contributed by atoms with Gasteiger partial charge in [-0.3, -0.25) is 0 Å². The summed E-state index contributed by atoms with van der Waals surface area (Å²) in [5, 5.41) is 0. The van der Waals surface area contributed by atoms with Gasteiger partial charge in [-0.25, -0.2) is 8.42 Å². The van der Waals surface area contributed by atoms with Gasteiger partial charge in [-0.1, -0.05) is 45.4 Å². The quantitative estimate of drug-likeness (QED) is 0.559. The lowest BCUT2D eigenvalue weighted by Gasteiger charge is -2.01. The van der Waals surface area contributed by atoms with Crippen LogP contribution in [-0.2, 0) is 9.84 Å². The maximum Gasteiger partial charge on any atom is 0.150 e. The van der Waals surface area contributed by atoms with Gasteiger partial charge >= 0.3 is 0 Å². The second kappa shape index (κ2) is 8.27. The maximum atomic E-state index is 11.1. The molecule has 0 aliphatic carbocycles. The zero-order chi connectivity index (χ0) is 10.9. The third kappa shape index (κ3) is 8.54. The van der Waals surface area contributed by atoms with Crippen molar-refractivity contribution in [2.24, 2.45) is 0 Å². The van der Waals surface area contributed by atoms with Crippen LogP contribution >= 0.6 is 0 Å². The number of rotatable bonds is 9. The Morgan fingerprint density at radius 3 is 1.93 bits per heavy atom. The fourth-order valence-corrected chi connectivity index (χ4v) is 2.23. The van der Waals surface area contributed by atoms with E-state index in [1.807, 2.05) is 0 Å². The predicted octanol–water partition coefficient (Wildman–Crippen LogP) is 2.99. The van der Waals surface area contributed by atoms with E-state index in [-0.39, 0.29) is 5.75 Å². The molecule has 0 fully saturated rings. The Morgan fingerprint density at radius 1 is 0.929 bits per heavy atom. The molecular formula is C11H23O2S. The van der Waals surface area contributed by atoms with Crippen LogP contribution in [-0.4, -0.2) is 19.9 Å². The highest BCUT2D eigenvalue weighted by Gasteiger charge is 2.05. The van der Waals surface area contributed by atoms with Crippen molar-refractivity contribution in [3.05, 3.63) is 6.92 Å². The Hall–Kier alpha value is -0.0500. The molecule has 0 aromatic heterocycles. The smallest absolute Gasteiger partial charge is 0.150 e. The van der Waals surface area contributed by atoms with Crippen LogP contribution in [0.2, 0.25) is 0 Å². The Morgan fingerprint density at radius 2 is 1.43 bits per heavy atom. The summed E-state index contributed by atoms with van der Waals surface area (Å²) >= 11 is 0. The molecule has 0 aliphatic rings. The molecule has 2 nitrogen and oxygen atoms in total. The van der Waals surface area contributed by atoms with E-state index in [0.29, 0.717) is 5.75 Å². The van der Waals surface area contributed by atoms with Crippen LogP contribution in [0, 0.1) is 6.92 Å². The van der Waals surface area contributed by atoms with Crippen LogP contribution in [0.4, 0.5) is 0 Å². The van der Waals surface area contributed by atoms with Crippen molar-refractivity contribution in [3.63, 3.8) is 0 Å². The lowest BCUT2D eigenvalue weighted by Crippen LogP contribution is -2.08. The van der Waals surface area contributed by atoms with E-state index >= 15 is 0 Å². The first-order valence-corrected chi connectivity index (χ1v) is 7.44. The Labute approximate surface area is 89.0 Å². The summed E-state index contributed by atoms with van der Waals surface area (Å²) in [6, 6.07) is 0. The molecule has 0 bridgehead atoms. The van der Waals surface area contributed by atoms with E-state index < -0.39 is 9.84 Å². The van der Waals surface area contributed by atoms with E-state index in [4.69, 9.17) is 0 Å². The van der Waals surface area contributed by atoms with Crippen molar-refractivity contribution in [2.75, 3.05) is 11.5 Å². The summed E-state index contributed by atoms with van der Waals surface area (Å²) in [6.07, 6.45) is 8.13. The van der Waals surface area contributed by atoms with E-state index in [2.05, 4.69) is 13.8 Å². The molecular weight excluding hydrogens is 196 g/mol. The monoisotopic (exact) mass is 219 g/mol. The average molecular weight is 219 g/mol. The van der Waals surface area contributed by atoms with Crippen molar-refractivity contribution in [1.82, 2.24) is 0 Å². The Balaban J connectivity index is 3.22. The fourth-order valence-electron chi connectivity index (χ4n) is 1.38. The number of hydrogen-bond acceptors (Lipinski definition) is 2. The van der Waals surface area contributed by atoms with Crippen LogP contribution in [0.3, 0.4) is 0 Å². The van der Waals surface area contributed by atoms with Gasteiger partial charge < -0.3 is 0 Å². The predicted molar refractivity (Wildman–Crippen MR) is 62.0 cm³/mol. The van der Waals surface area contributed by atoms with Gasteiger partial charge in [0, 0.05) is 0 Å². The zero-order valence-corrected chi connectivity index (χ0v) is 10.1. The van der Waals surface area contributed by atoms with Crippen molar-refractivity contribution in [2.45, 2.75) is 51.9 Å². The number of sulfone groups is 1. The zero-order valence-electron chi connectivity index (χ0n) is 9.30. The molecule has 0 heterocycles. The first-order chi connectivity index (χ1) is 6.62. The Kier molecular flexibility index (Phi) is 8.24. The maximum absolute atomic E-state index is 11.1. The van der Waals surface area contributed by atoms with Gasteiger partial charge in [0.25, 0.3) is 0 Å². The minimum Gasteiger partial charge on any atom is -0.229 e. The first kappa shape index (κ1) is 13.9. The summed E-state index contributed by atoms with van der Waals surface area (Å²) in [6.45, 7) is 5.60. The van der Waals surface area contributed by atoms with Crippen molar-refractivity contribution < 1.29 is 8.42 Å². The SMILES string of the molecule is [CH2]CS(=O)(=O)CCCCCCCCC. The minimum atomic E-state index is -2.83. The lowest BCUT2D eigenvalue weighted by molar-refractivity contribution is 0.581. The van der Waals surface area contributed by atoms with Crippen molar-refractivity contribution in [1.29, 1.82) is 0 Å². The molecule has 3 heteroatoms. The highest BCUT2D eigenvalue weighted by atomic mass is 32.2. The van der Waals surface area contributed by atoms with E-state index in [1.54, 1.807) is 0 Å². The average Bonchev–Trinajstić information content (AvgIpc) is 2.16. The third-order valence-corrected chi connectivity index (χ3v) is 3.90. The second-order valence-electron chi connectivity index (χ2n) is 3.77. The van der Waals surface area contributed by atoms with Crippen LogP contribution < -0.4 is 0 Å². The highest BCUT2D eigenvalue weighted by molar-refractivity contribution is 7.91. The molecule has 0 amide bonds. The van der Waals surface area contributed by atoms with Crippen molar-refractivity contribution >= 4 is 9.84 Å². The summed E-state index contributed by atoms with van der Waals surface area (Å²) in [5.74, 6) is 0.368. The Bertz CT molecular complexity index is 207. The molecule has 0 unspecified atom stereocenters. The van der Waals surface area contributed by atoms with Crippen LogP contribution in [0.25, 0.3) is 0 Å². The van der Waals surface area contributed by atoms with Gasteiger partial charge in [0.1, 0.15) is 9.84 Å². The second-order valence-corrected chi connectivity index (χ2v) is 6.08. The summed E-state index contributed by atoms with van der Waals surface area (Å²) in [4.78, 5) is 0.